The third-order valence-electron chi connectivity index (χ3n) is 5.49. The molecule has 3 rings (SSSR count). The van der Waals surface area contributed by atoms with Gasteiger partial charge in [0.05, 0.1) is 18.7 Å². The molecule has 4 atom stereocenters. The predicted molar refractivity (Wildman–Crippen MR) is 107 cm³/mol. The summed E-state index contributed by atoms with van der Waals surface area (Å²) in [6.45, 7) is 7.36. The number of nitrogens with one attached hydrogen (secondary N) is 1. The van der Waals surface area contributed by atoms with Crippen LogP contribution in [-0.2, 0) is 14.3 Å². The largest absolute Gasteiger partial charge is 0.465 e. The molecule has 1 N–H and O–H groups in total. The van der Waals surface area contributed by atoms with E-state index >= 15 is 0 Å². The fourth-order valence-corrected chi connectivity index (χ4v) is 3.88. The molecule has 0 aromatic heterocycles. The summed E-state index contributed by atoms with van der Waals surface area (Å²) in [5.41, 5.74) is 0.724. The number of fused-ring (bicyclic) bond motifs is 1. The summed E-state index contributed by atoms with van der Waals surface area (Å²) in [5, 5.41) is 3.01. The SMILES string of the molecule is COC(=O)c1ccc([C@H](C)NC(=O)C2CCC3CC3N2C(=O)OC(C)(C)C)cc1. The molecule has 7 heteroatoms. The molecule has 2 amide bonds. The van der Waals surface area contributed by atoms with Crippen LogP contribution >= 0.6 is 0 Å². The van der Waals surface area contributed by atoms with Crippen LogP contribution in [0.15, 0.2) is 24.3 Å². The molecule has 0 radical (unpaired) electrons. The molecule has 158 valence electrons. The number of rotatable bonds is 4. The number of methoxy groups -OCH3 is 1. The lowest BCUT2D eigenvalue weighted by Crippen LogP contribution is -2.54. The number of benzene rings is 1. The number of esters is 1. The normalized spacial score (nSPS) is 24.2. The van der Waals surface area contributed by atoms with Crippen molar-refractivity contribution < 1.29 is 23.9 Å². The highest BCUT2D eigenvalue weighted by Crippen LogP contribution is 2.46. The Balaban J connectivity index is 1.67. The first-order valence-electron chi connectivity index (χ1n) is 10.1. The lowest BCUT2D eigenvalue weighted by molar-refractivity contribution is -0.128. The smallest absolute Gasteiger partial charge is 0.411 e. The van der Waals surface area contributed by atoms with Crippen molar-refractivity contribution in [2.45, 2.75) is 70.7 Å². The molecular weight excluding hydrogens is 372 g/mol. The monoisotopic (exact) mass is 402 g/mol. The Hall–Kier alpha value is -2.57. The molecular formula is C22H30N2O5. The molecule has 0 bridgehead atoms. The van der Waals surface area contributed by atoms with E-state index < -0.39 is 23.7 Å². The van der Waals surface area contributed by atoms with Gasteiger partial charge in [-0.05, 0) is 70.6 Å². The third kappa shape index (κ3) is 4.89. The van der Waals surface area contributed by atoms with Gasteiger partial charge in [-0.2, -0.15) is 0 Å². The Morgan fingerprint density at radius 1 is 1.14 bits per heavy atom. The topological polar surface area (TPSA) is 84.9 Å². The van der Waals surface area contributed by atoms with E-state index in [-0.39, 0.29) is 18.0 Å². The summed E-state index contributed by atoms with van der Waals surface area (Å²) >= 11 is 0. The van der Waals surface area contributed by atoms with E-state index in [1.807, 2.05) is 27.7 Å². The van der Waals surface area contributed by atoms with Gasteiger partial charge in [0.2, 0.25) is 5.91 Å². The molecule has 1 aromatic carbocycles. The molecule has 1 heterocycles. The summed E-state index contributed by atoms with van der Waals surface area (Å²) in [6.07, 6.45) is 2.11. The van der Waals surface area contributed by atoms with Crippen molar-refractivity contribution in [3.8, 4) is 0 Å². The van der Waals surface area contributed by atoms with Crippen LogP contribution in [0.5, 0.6) is 0 Å². The number of carbonyl (C=O) groups is 3. The lowest BCUT2D eigenvalue weighted by atomic mass is 10.0. The van der Waals surface area contributed by atoms with Crippen molar-refractivity contribution in [2.24, 2.45) is 5.92 Å². The molecule has 2 fully saturated rings. The highest BCUT2D eigenvalue weighted by Gasteiger charge is 2.53. The van der Waals surface area contributed by atoms with Gasteiger partial charge in [-0.3, -0.25) is 9.69 Å². The van der Waals surface area contributed by atoms with E-state index in [0.717, 1.165) is 18.4 Å². The highest BCUT2D eigenvalue weighted by atomic mass is 16.6. The quantitative estimate of drug-likeness (QED) is 0.780. The minimum atomic E-state index is -0.603. The van der Waals surface area contributed by atoms with E-state index in [0.29, 0.717) is 17.9 Å². The van der Waals surface area contributed by atoms with Crippen molar-refractivity contribution >= 4 is 18.0 Å². The van der Waals surface area contributed by atoms with Crippen LogP contribution in [0.3, 0.4) is 0 Å². The van der Waals surface area contributed by atoms with E-state index in [1.54, 1.807) is 29.2 Å². The maximum absolute atomic E-state index is 13.0. The van der Waals surface area contributed by atoms with Crippen molar-refractivity contribution in [3.05, 3.63) is 35.4 Å². The standard InChI is InChI=1S/C22H30N2O5/c1-13(14-6-8-15(9-7-14)20(26)28-5)23-19(25)17-11-10-16-12-18(16)24(17)21(27)29-22(2,3)4/h6-9,13,16-18H,10-12H2,1-5H3,(H,23,25)/t13-,16?,17?,18?/m0/s1. The fraction of sp³-hybridized carbons (Fsp3) is 0.591. The molecule has 2 aliphatic rings. The fourth-order valence-electron chi connectivity index (χ4n) is 3.88. The molecule has 7 nitrogen and oxygen atoms in total. The second-order valence-corrected chi connectivity index (χ2v) is 8.89. The summed E-state index contributed by atoms with van der Waals surface area (Å²) < 4.78 is 10.3. The zero-order chi connectivity index (χ0) is 21.3. The van der Waals surface area contributed by atoms with Gasteiger partial charge in [0.15, 0.2) is 0 Å². The number of hydrogen-bond acceptors (Lipinski definition) is 5. The van der Waals surface area contributed by atoms with Gasteiger partial charge in [-0.25, -0.2) is 9.59 Å². The summed E-state index contributed by atoms with van der Waals surface area (Å²) in [6, 6.07) is 6.25. The van der Waals surface area contributed by atoms with Crippen LogP contribution < -0.4 is 5.32 Å². The molecule has 1 saturated heterocycles. The molecule has 29 heavy (non-hydrogen) atoms. The van der Waals surface area contributed by atoms with Crippen molar-refractivity contribution in [3.63, 3.8) is 0 Å². The van der Waals surface area contributed by atoms with Crippen LogP contribution in [0.1, 0.15) is 68.9 Å². The second kappa shape index (κ2) is 8.05. The van der Waals surface area contributed by atoms with Crippen LogP contribution in [0.25, 0.3) is 0 Å². The predicted octanol–water partition coefficient (Wildman–Crippen LogP) is 3.44. The maximum atomic E-state index is 13.0. The van der Waals surface area contributed by atoms with Crippen LogP contribution in [-0.4, -0.2) is 47.7 Å². The van der Waals surface area contributed by atoms with Gasteiger partial charge < -0.3 is 14.8 Å². The summed E-state index contributed by atoms with van der Waals surface area (Å²) in [7, 11) is 1.34. The average molecular weight is 402 g/mol. The zero-order valence-electron chi connectivity index (χ0n) is 17.7. The van der Waals surface area contributed by atoms with Gasteiger partial charge in [-0.1, -0.05) is 12.1 Å². The third-order valence-corrected chi connectivity index (χ3v) is 5.49. The van der Waals surface area contributed by atoms with Crippen molar-refractivity contribution in [1.82, 2.24) is 10.2 Å². The number of likely N-dealkylation sites (tertiary alicyclic amines) is 1. The Morgan fingerprint density at radius 3 is 2.38 bits per heavy atom. The first-order valence-corrected chi connectivity index (χ1v) is 10.1. The number of carbonyl (C=O) groups excluding carboxylic acids is 3. The van der Waals surface area contributed by atoms with Gasteiger partial charge in [-0.15, -0.1) is 0 Å². The second-order valence-electron chi connectivity index (χ2n) is 8.89. The molecule has 1 saturated carbocycles. The van der Waals surface area contributed by atoms with Gasteiger partial charge in [0, 0.05) is 6.04 Å². The Bertz CT molecular complexity index is 783. The molecule has 1 aromatic rings. The van der Waals surface area contributed by atoms with E-state index in [4.69, 9.17) is 9.47 Å². The van der Waals surface area contributed by atoms with Crippen molar-refractivity contribution in [1.29, 1.82) is 0 Å². The number of hydrogen-bond donors (Lipinski definition) is 1. The zero-order valence-corrected chi connectivity index (χ0v) is 17.7. The van der Waals surface area contributed by atoms with E-state index in [1.165, 1.54) is 7.11 Å². The maximum Gasteiger partial charge on any atom is 0.411 e. The Kier molecular flexibility index (Phi) is 5.87. The van der Waals surface area contributed by atoms with Crippen LogP contribution in [0.4, 0.5) is 4.79 Å². The van der Waals surface area contributed by atoms with Gasteiger partial charge >= 0.3 is 12.1 Å². The molecule has 1 aliphatic carbocycles. The minimum absolute atomic E-state index is 0.101. The number of amides is 2. The molecule has 3 unspecified atom stereocenters. The van der Waals surface area contributed by atoms with E-state index in [2.05, 4.69) is 5.32 Å². The number of piperidine rings is 1. The summed E-state index contributed by atoms with van der Waals surface area (Å²) in [5.74, 6) is -0.0944. The molecule has 1 aliphatic heterocycles. The van der Waals surface area contributed by atoms with Crippen LogP contribution in [0.2, 0.25) is 0 Å². The Morgan fingerprint density at radius 2 is 1.79 bits per heavy atom. The Labute approximate surface area is 171 Å². The van der Waals surface area contributed by atoms with E-state index in [9.17, 15) is 14.4 Å². The summed E-state index contributed by atoms with van der Waals surface area (Å²) in [4.78, 5) is 39.0. The first-order chi connectivity index (χ1) is 13.6. The molecule has 0 spiro atoms. The lowest BCUT2D eigenvalue weighted by Gasteiger charge is -2.36. The highest BCUT2D eigenvalue weighted by molar-refractivity contribution is 5.89. The van der Waals surface area contributed by atoms with Crippen LogP contribution in [0, 0.1) is 5.92 Å². The first kappa shape index (κ1) is 21.1. The minimum Gasteiger partial charge on any atom is -0.465 e. The number of ether oxygens (including phenoxy) is 2. The number of nitrogens with zero attached hydrogens (tertiary/aromatic N) is 1. The average Bonchev–Trinajstić information content (AvgIpc) is 3.44. The van der Waals surface area contributed by atoms with Crippen molar-refractivity contribution in [2.75, 3.05) is 7.11 Å². The van der Waals surface area contributed by atoms with Gasteiger partial charge in [0.25, 0.3) is 0 Å². The van der Waals surface area contributed by atoms with Gasteiger partial charge in [0.1, 0.15) is 11.6 Å².